The largest absolute Gasteiger partial charge is 0.435 e. The van der Waals surface area contributed by atoms with Gasteiger partial charge in [-0.1, -0.05) is 26.0 Å². The highest BCUT2D eigenvalue weighted by Crippen LogP contribution is 2.63. The molecule has 2 saturated heterocycles. The third-order valence-electron chi connectivity index (χ3n) is 5.64. The van der Waals surface area contributed by atoms with Crippen LogP contribution in [0, 0.1) is 28.6 Å². The maximum absolute atomic E-state index is 12.7. The van der Waals surface area contributed by atoms with Gasteiger partial charge in [-0.15, -0.1) is 0 Å². The van der Waals surface area contributed by atoms with Crippen LogP contribution in [-0.2, 0) is 19.1 Å². The minimum Gasteiger partial charge on any atom is -0.435 e. The van der Waals surface area contributed by atoms with Gasteiger partial charge in [0.05, 0.1) is 12.5 Å². The van der Waals surface area contributed by atoms with Crippen molar-refractivity contribution in [3.63, 3.8) is 0 Å². The zero-order valence-electron chi connectivity index (χ0n) is 11.2. The summed E-state index contributed by atoms with van der Waals surface area (Å²) in [5.74, 6) is -0.303. The van der Waals surface area contributed by atoms with Crippen molar-refractivity contribution in [3.05, 3.63) is 12.2 Å². The van der Waals surface area contributed by atoms with Crippen molar-refractivity contribution >= 4 is 11.8 Å². The summed E-state index contributed by atoms with van der Waals surface area (Å²) < 4.78 is 11.0. The van der Waals surface area contributed by atoms with Crippen molar-refractivity contribution in [1.29, 1.82) is 0 Å². The first kappa shape index (κ1) is 11.6. The summed E-state index contributed by atoms with van der Waals surface area (Å²) >= 11 is 0. The molecule has 2 heterocycles. The lowest BCUT2D eigenvalue weighted by Crippen LogP contribution is -2.57. The Morgan fingerprint density at radius 3 is 2.84 bits per heavy atom. The minimum absolute atomic E-state index is 0.0497. The molecular formula is C15H18O4. The number of hydrogen-bond acceptors (Lipinski definition) is 4. The molecule has 0 radical (unpaired) electrons. The smallest absolute Gasteiger partial charge is 0.323 e. The molecule has 0 aromatic carbocycles. The van der Waals surface area contributed by atoms with E-state index in [0.29, 0.717) is 13.0 Å². The average Bonchev–Trinajstić information content (AvgIpc) is 2.89. The molecular weight excluding hydrogens is 244 g/mol. The van der Waals surface area contributed by atoms with Gasteiger partial charge in [0, 0.05) is 18.3 Å². The van der Waals surface area contributed by atoms with Gasteiger partial charge < -0.3 is 9.47 Å². The van der Waals surface area contributed by atoms with Crippen molar-refractivity contribution in [1.82, 2.24) is 0 Å². The SMILES string of the molecule is CC1(C)CCC(=O)[C@@]23C(=O)O[C@H]4OC[C@@H](C=C[C@@H]12)[C@H]43. The van der Waals surface area contributed by atoms with Gasteiger partial charge in [-0.05, 0) is 11.8 Å². The molecule has 2 aliphatic carbocycles. The molecule has 1 saturated carbocycles. The molecule has 102 valence electrons. The van der Waals surface area contributed by atoms with Crippen LogP contribution in [0.5, 0.6) is 0 Å². The molecule has 1 spiro atoms. The summed E-state index contributed by atoms with van der Waals surface area (Å²) in [6.45, 7) is 4.85. The van der Waals surface area contributed by atoms with Crippen LogP contribution in [0.15, 0.2) is 12.2 Å². The second kappa shape index (κ2) is 3.29. The monoisotopic (exact) mass is 262 g/mol. The molecule has 5 atom stereocenters. The minimum atomic E-state index is -0.970. The van der Waals surface area contributed by atoms with Crippen molar-refractivity contribution in [3.8, 4) is 0 Å². The molecule has 19 heavy (non-hydrogen) atoms. The second-order valence-corrected chi connectivity index (χ2v) is 6.94. The third kappa shape index (κ3) is 1.15. The van der Waals surface area contributed by atoms with E-state index in [1.165, 1.54) is 0 Å². The van der Waals surface area contributed by atoms with Gasteiger partial charge >= 0.3 is 5.97 Å². The van der Waals surface area contributed by atoms with Crippen LogP contribution in [-0.4, -0.2) is 24.6 Å². The Kier molecular flexibility index (Phi) is 2.02. The van der Waals surface area contributed by atoms with Crippen LogP contribution in [0.25, 0.3) is 0 Å². The number of ether oxygens (including phenoxy) is 2. The number of hydrogen-bond donors (Lipinski definition) is 0. The van der Waals surface area contributed by atoms with Crippen molar-refractivity contribution < 1.29 is 19.1 Å². The Bertz CT molecular complexity index is 496. The number of ketones is 1. The van der Waals surface area contributed by atoms with Gasteiger partial charge in [-0.3, -0.25) is 9.59 Å². The maximum atomic E-state index is 12.7. The first-order valence-electron chi connectivity index (χ1n) is 7.02. The standard InChI is InChI=1S/C15H18O4/c1-14(2)6-5-10(16)15-9(14)4-3-8-7-18-12(11(8)15)19-13(15)17/h3-4,8-9,11-12H,5-7H2,1-2H3/t8-,9+,11-,12-,15+/m1/s1. The van der Waals surface area contributed by atoms with Crippen LogP contribution in [0.4, 0.5) is 0 Å². The molecule has 0 aromatic rings. The Morgan fingerprint density at radius 1 is 1.26 bits per heavy atom. The first-order chi connectivity index (χ1) is 8.98. The molecule has 0 bridgehead atoms. The number of Topliss-reactive ketones (excluding diaryl/α,β-unsaturated/α-hetero) is 1. The second-order valence-electron chi connectivity index (χ2n) is 6.94. The summed E-state index contributed by atoms with van der Waals surface area (Å²) in [7, 11) is 0. The Morgan fingerprint density at radius 2 is 2.05 bits per heavy atom. The quantitative estimate of drug-likeness (QED) is 0.379. The number of rotatable bonds is 0. The van der Waals surface area contributed by atoms with Gasteiger partial charge in [0.2, 0.25) is 6.29 Å². The molecule has 4 rings (SSSR count). The predicted octanol–water partition coefficient (Wildman–Crippen LogP) is 1.69. The van der Waals surface area contributed by atoms with Gasteiger partial charge in [0.25, 0.3) is 0 Å². The highest BCUT2D eigenvalue weighted by molar-refractivity contribution is 6.07. The maximum Gasteiger partial charge on any atom is 0.323 e. The molecule has 0 unspecified atom stereocenters. The van der Waals surface area contributed by atoms with E-state index in [4.69, 9.17) is 9.47 Å². The molecule has 4 heteroatoms. The van der Waals surface area contributed by atoms with Crippen molar-refractivity contribution in [2.24, 2.45) is 28.6 Å². The fraction of sp³-hybridized carbons (Fsp3) is 0.733. The Hall–Kier alpha value is -1.16. The predicted molar refractivity (Wildman–Crippen MR) is 65.9 cm³/mol. The van der Waals surface area contributed by atoms with E-state index in [2.05, 4.69) is 26.0 Å². The number of carbonyl (C=O) groups excluding carboxylic acids is 2. The molecule has 2 aliphatic heterocycles. The van der Waals surface area contributed by atoms with Gasteiger partial charge in [-0.2, -0.15) is 0 Å². The van der Waals surface area contributed by atoms with E-state index in [9.17, 15) is 9.59 Å². The molecule has 0 N–H and O–H groups in total. The number of esters is 1. The van der Waals surface area contributed by atoms with Gasteiger partial charge in [0.15, 0.2) is 5.78 Å². The normalized spacial score (nSPS) is 49.8. The van der Waals surface area contributed by atoms with Crippen LogP contribution >= 0.6 is 0 Å². The first-order valence-corrected chi connectivity index (χ1v) is 7.02. The molecule has 0 aromatic heterocycles. The summed E-state index contributed by atoms with van der Waals surface area (Å²) in [5.41, 5.74) is -1.02. The van der Waals surface area contributed by atoms with Crippen molar-refractivity contribution in [2.75, 3.05) is 6.61 Å². The van der Waals surface area contributed by atoms with E-state index in [-0.39, 0.29) is 34.9 Å². The Balaban J connectivity index is 1.95. The van der Waals surface area contributed by atoms with Crippen LogP contribution in [0.1, 0.15) is 26.7 Å². The number of allylic oxidation sites excluding steroid dienone is 1. The van der Waals surface area contributed by atoms with Crippen LogP contribution in [0.3, 0.4) is 0 Å². The zero-order valence-corrected chi connectivity index (χ0v) is 11.2. The lowest BCUT2D eigenvalue weighted by atomic mass is 9.48. The van der Waals surface area contributed by atoms with Crippen LogP contribution in [0.2, 0.25) is 0 Å². The summed E-state index contributed by atoms with van der Waals surface area (Å²) in [5, 5.41) is 0. The van der Waals surface area contributed by atoms with Gasteiger partial charge in [-0.25, -0.2) is 0 Å². The molecule has 0 amide bonds. The summed E-state index contributed by atoms with van der Waals surface area (Å²) in [6, 6.07) is 0. The highest BCUT2D eigenvalue weighted by atomic mass is 16.7. The number of carbonyl (C=O) groups is 2. The van der Waals surface area contributed by atoms with E-state index < -0.39 is 11.7 Å². The van der Waals surface area contributed by atoms with E-state index in [1.807, 2.05) is 0 Å². The highest BCUT2D eigenvalue weighted by Gasteiger charge is 2.73. The lowest BCUT2D eigenvalue weighted by Gasteiger charge is -2.50. The zero-order chi connectivity index (χ0) is 13.4. The van der Waals surface area contributed by atoms with Crippen molar-refractivity contribution in [2.45, 2.75) is 33.0 Å². The van der Waals surface area contributed by atoms with E-state index >= 15 is 0 Å². The van der Waals surface area contributed by atoms with Gasteiger partial charge in [0.1, 0.15) is 5.41 Å². The molecule has 4 aliphatic rings. The average molecular weight is 262 g/mol. The summed E-state index contributed by atoms with van der Waals surface area (Å²) in [6.07, 6.45) is 5.01. The van der Waals surface area contributed by atoms with E-state index in [0.717, 1.165) is 6.42 Å². The van der Waals surface area contributed by atoms with E-state index in [1.54, 1.807) is 0 Å². The fourth-order valence-corrected chi connectivity index (χ4v) is 4.68. The van der Waals surface area contributed by atoms with Crippen LogP contribution < -0.4 is 0 Å². The molecule has 3 fully saturated rings. The topological polar surface area (TPSA) is 52.6 Å². The fourth-order valence-electron chi connectivity index (χ4n) is 4.68. The lowest BCUT2D eigenvalue weighted by molar-refractivity contribution is -0.169. The third-order valence-corrected chi connectivity index (χ3v) is 5.64. The Labute approximate surface area is 112 Å². The molecule has 4 nitrogen and oxygen atoms in total. The summed E-state index contributed by atoms with van der Waals surface area (Å²) in [4.78, 5) is 25.2.